The number of carbonyl (C=O) groups excluding carboxylic acids is 1. The van der Waals surface area contributed by atoms with Gasteiger partial charge in [0.1, 0.15) is 0 Å². The summed E-state index contributed by atoms with van der Waals surface area (Å²) in [4.78, 5) is 17.7. The molecule has 4 nitrogen and oxygen atoms in total. The zero-order chi connectivity index (χ0) is 14.4. The molecule has 0 saturated carbocycles. The van der Waals surface area contributed by atoms with E-state index in [9.17, 15) is 4.79 Å². The Balaban J connectivity index is 1.88. The highest BCUT2D eigenvalue weighted by molar-refractivity contribution is 5.90. The fraction of sp³-hybridized carbons (Fsp3) is 0.250. The number of anilines is 1. The molecule has 1 fully saturated rings. The summed E-state index contributed by atoms with van der Waals surface area (Å²) in [5, 5.41) is 2.86. The van der Waals surface area contributed by atoms with Crippen molar-refractivity contribution in [2.45, 2.75) is 0 Å². The smallest absolute Gasteiger partial charge is 0.321 e. The van der Waals surface area contributed by atoms with Gasteiger partial charge in [-0.3, -0.25) is 4.99 Å². The molecule has 1 aromatic rings. The second-order valence-electron chi connectivity index (χ2n) is 4.60. The molecule has 0 unspecified atom stereocenters. The Morgan fingerprint density at radius 1 is 1.45 bits per heavy atom. The van der Waals surface area contributed by atoms with E-state index < -0.39 is 0 Å². The monoisotopic (exact) mass is 267 g/mol. The lowest BCUT2D eigenvalue weighted by molar-refractivity contribution is 0.151. The average Bonchev–Trinajstić information content (AvgIpc) is 2.38. The van der Waals surface area contributed by atoms with Gasteiger partial charge in [0.15, 0.2) is 0 Å². The van der Waals surface area contributed by atoms with Crippen LogP contribution < -0.4 is 5.32 Å². The number of benzene rings is 1. The van der Waals surface area contributed by atoms with Crippen molar-refractivity contribution in [2.24, 2.45) is 10.9 Å². The highest BCUT2D eigenvalue weighted by atomic mass is 16.2. The van der Waals surface area contributed by atoms with Gasteiger partial charge >= 0.3 is 6.03 Å². The van der Waals surface area contributed by atoms with Crippen LogP contribution in [-0.4, -0.2) is 37.3 Å². The second kappa shape index (κ2) is 6.58. The average molecular weight is 267 g/mol. The van der Waals surface area contributed by atoms with E-state index in [4.69, 9.17) is 6.42 Å². The Kier molecular flexibility index (Phi) is 4.56. The maximum absolute atomic E-state index is 12.0. The number of terminal acetylenes is 1. The molecule has 2 amide bonds. The third kappa shape index (κ3) is 3.27. The first-order valence-corrected chi connectivity index (χ1v) is 6.44. The van der Waals surface area contributed by atoms with Crippen molar-refractivity contribution in [3.05, 3.63) is 42.0 Å². The van der Waals surface area contributed by atoms with Crippen molar-refractivity contribution in [2.75, 3.05) is 25.5 Å². The molecule has 1 aliphatic rings. The number of hydrogen-bond acceptors (Lipinski definition) is 2. The van der Waals surface area contributed by atoms with Crippen LogP contribution in [-0.2, 0) is 0 Å². The van der Waals surface area contributed by atoms with Gasteiger partial charge in [-0.2, -0.15) is 0 Å². The second-order valence-corrected chi connectivity index (χ2v) is 4.60. The van der Waals surface area contributed by atoms with E-state index in [2.05, 4.69) is 16.2 Å². The highest BCUT2D eigenvalue weighted by Crippen LogP contribution is 2.23. The number of aliphatic imine (C=N–C) groups is 1. The van der Waals surface area contributed by atoms with E-state index in [1.807, 2.05) is 30.3 Å². The molecule has 1 N–H and O–H groups in total. The SMILES string of the molecule is C#C/C=C(\C=N/C)C1CN(C(=O)Nc2ccccc2)C1. The van der Waals surface area contributed by atoms with Crippen LogP contribution in [0.5, 0.6) is 0 Å². The van der Waals surface area contributed by atoms with Gasteiger partial charge in [-0.25, -0.2) is 4.79 Å². The van der Waals surface area contributed by atoms with E-state index in [-0.39, 0.29) is 11.9 Å². The number of nitrogens with one attached hydrogen (secondary N) is 1. The molecular formula is C16H17N3O. The number of rotatable bonds is 3. The molecule has 1 heterocycles. The minimum atomic E-state index is -0.0825. The van der Waals surface area contributed by atoms with E-state index in [1.54, 1.807) is 24.2 Å². The van der Waals surface area contributed by atoms with Crippen molar-refractivity contribution in [1.82, 2.24) is 4.90 Å². The van der Waals surface area contributed by atoms with Gasteiger partial charge in [0.25, 0.3) is 0 Å². The number of allylic oxidation sites excluding steroid dienone is 1. The van der Waals surface area contributed by atoms with E-state index in [0.717, 1.165) is 11.3 Å². The molecule has 0 atom stereocenters. The van der Waals surface area contributed by atoms with E-state index in [0.29, 0.717) is 13.1 Å². The molecular weight excluding hydrogens is 250 g/mol. The zero-order valence-corrected chi connectivity index (χ0v) is 11.4. The zero-order valence-electron chi connectivity index (χ0n) is 11.4. The summed E-state index contributed by atoms with van der Waals surface area (Å²) < 4.78 is 0. The molecule has 102 valence electrons. The van der Waals surface area contributed by atoms with Crippen LogP contribution in [0.2, 0.25) is 0 Å². The lowest BCUT2D eigenvalue weighted by Gasteiger charge is -2.39. The summed E-state index contributed by atoms with van der Waals surface area (Å²) in [6.07, 6.45) is 8.77. The molecule has 0 radical (unpaired) electrons. The maximum atomic E-state index is 12.0. The number of nitrogens with zero attached hydrogens (tertiary/aromatic N) is 2. The molecule has 1 saturated heterocycles. The Bertz CT molecular complexity index is 563. The van der Waals surface area contributed by atoms with Gasteiger partial charge in [-0.1, -0.05) is 24.1 Å². The van der Waals surface area contributed by atoms with Crippen molar-refractivity contribution < 1.29 is 4.79 Å². The Hall–Kier alpha value is -2.54. The topological polar surface area (TPSA) is 44.7 Å². The van der Waals surface area contributed by atoms with Crippen LogP contribution in [0.15, 0.2) is 47.0 Å². The third-order valence-corrected chi connectivity index (χ3v) is 3.19. The first-order valence-electron chi connectivity index (χ1n) is 6.44. The Morgan fingerprint density at radius 3 is 2.75 bits per heavy atom. The molecule has 1 aliphatic heterocycles. The number of amides is 2. The van der Waals surface area contributed by atoms with Gasteiger partial charge in [0, 0.05) is 38.0 Å². The summed E-state index contributed by atoms with van der Waals surface area (Å²) in [6, 6.07) is 9.34. The van der Waals surface area contributed by atoms with Gasteiger partial charge in [-0.15, -0.1) is 6.42 Å². The molecule has 20 heavy (non-hydrogen) atoms. The minimum Gasteiger partial charge on any atom is -0.323 e. The largest absolute Gasteiger partial charge is 0.323 e. The normalized spacial score (nSPS) is 15.8. The Morgan fingerprint density at radius 2 is 2.15 bits per heavy atom. The first-order chi connectivity index (χ1) is 9.74. The predicted octanol–water partition coefficient (Wildman–Crippen LogP) is 2.41. The van der Waals surface area contributed by atoms with Crippen molar-refractivity contribution in [1.29, 1.82) is 0 Å². The summed E-state index contributed by atoms with van der Waals surface area (Å²) >= 11 is 0. The number of urea groups is 1. The van der Waals surface area contributed by atoms with Gasteiger partial charge in [-0.05, 0) is 23.8 Å². The fourth-order valence-corrected chi connectivity index (χ4v) is 2.09. The van der Waals surface area contributed by atoms with Gasteiger partial charge in [0.2, 0.25) is 0 Å². The van der Waals surface area contributed by atoms with Crippen LogP contribution in [0, 0.1) is 18.3 Å². The minimum absolute atomic E-state index is 0.0825. The third-order valence-electron chi connectivity index (χ3n) is 3.19. The molecule has 2 rings (SSSR count). The molecule has 0 spiro atoms. The van der Waals surface area contributed by atoms with Crippen LogP contribution in [0.3, 0.4) is 0 Å². The molecule has 1 aromatic carbocycles. The quantitative estimate of drug-likeness (QED) is 0.663. The van der Waals surface area contributed by atoms with Crippen LogP contribution in [0.4, 0.5) is 10.5 Å². The van der Waals surface area contributed by atoms with Crippen molar-refractivity contribution in [3.8, 4) is 12.3 Å². The lowest BCUT2D eigenvalue weighted by atomic mass is 9.92. The summed E-state index contributed by atoms with van der Waals surface area (Å²) in [6.45, 7) is 1.33. The molecule has 0 bridgehead atoms. The Labute approximate surface area is 119 Å². The van der Waals surface area contributed by atoms with Crippen molar-refractivity contribution >= 4 is 17.9 Å². The number of carbonyl (C=O) groups is 1. The van der Waals surface area contributed by atoms with Crippen molar-refractivity contribution in [3.63, 3.8) is 0 Å². The number of likely N-dealkylation sites (tertiary alicyclic amines) is 1. The summed E-state index contributed by atoms with van der Waals surface area (Å²) in [5.74, 6) is 2.79. The van der Waals surface area contributed by atoms with E-state index >= 15 is 0 Å². The van der Waals surface area contributed by atoms with Gasteiger partial charge in [0.05, 0.1) is 0 Å². The maximum Gasteiger partial charge on any atom is 0.321 e. The molecule has 4 heteroatoms. The number of hydrogen-bond donors (Lipinski definition) is 1. The van der Waals surface area contributed by atoms with Crippen LogP contribution >= 0.6 is 0 Å². The first kappa shape index (κ1) is 13.9. The summed E-state index contributed by atoms with van der Waals surface area (Å²) in [7, 11) is 1.71. The lowest BCUT2D eigenvalue weighted by Crippen LogP contribution is -2.52. The van der Waals surface area contributed by atoms with Crippen LogP contribution in [0.1, 0.15) is 0 Å². The summed E-state index contributed by atoms with van der Waals surface area (Å²) in [5.41, 5.74) is 1.80. The van der Waals surface area contributed by atoms with Crippen LogP contribution in [0.25, 0.3) is 0 Å². The molecule has 0 aromatic heterocycles. The van der Waals surface area contributed by atoms with Gasteiger partial charge < -0.3 is 10.2 Å². The predicted molar refractivity (Wildman–Crippen MR) is 81.9 cm³/mol. The highest BCUT2D eigenvalue weighted by Gasteiger charge is 2.32. The van der Waals surface area contributed by atoms with E-state index in [1.165, 1.54) is 0 Å². The number of para-hydroxylation sites is 1. The standard InChI is InChI=1S/C16H17N3O/c1-3-7-13(10-17-2)14-11-19(12-14)16(20)18-15-8-5-4-6-9-15/h1,4-10,14H,11-12H2,2H3,(H,18,20)/b13-7+,17-10-. The molecule has 0 aliphatic carbocycles. The fourth-order valence-electron chi connectivity index (χ4n) is 2.09.